The highest BCUT2D eigenvalue weighted by Crippen LogP contribution is 2.43. The van der Waals surface area contributed by atoms with E-state index >= 15 is 0 Å². The number of rotatable bonds is 35. The van der Waals surface area contributed by atoms with E-state index in [2.05, 4.69) is 54.8 Å². The van der Waals surface area contributed by atoms with Gasteiger partial charge in [-0.1, -0.05) is 152 Å². The van der Waals surface area contributed by atoms with Crippen molar-refractivity contribution in [1.29, 1.82) is 0 Å². The van der Waals surface area contributed by atoms with Crippen LogP contribution < -0.4 is 0 Å². The molecule has 3 atom stereocenters. The second kappa shape index (κ2) is 36.0. The number of hydrogen-bond donors (Lipinski definition) is 3. The van der Waals surface area contributed by atoms with Crippen LogP contribution >= 0.6 is 7.82 Å². The van der Waals surface area contributed by atoms with Gasteiger partial charge in [0.1, 0.15) is 12.7 Å². The van der Waals surface area contributed by atoms with Gasteiger partial charge in [0.2, 0.25) is 0 Å². The van der Waals surface area contributed by atoms with Crippen LogP contribution in [-0.2, 0) is 32.7 Å². The zero-order chi connectivity index (χ0) is 37.7. The first-order valence-corrected chi connectivity index (χ1v) is 20.7. The van der Waals surface area contributed by atoms with Crippen molar-refractivity contribution in [3.63, 3.8) is 0 Å². The van der Waals surface area contributed by atoms with Gasteiger partial charge >= 0.3 is 19.8 Å². The fraction of sp³-hybridized carbons (Fsp3) is 0.700. The fourth-order valence-electron chi connectivity index (χ4n) is 4.77. The number of allylic oxidation sites excluding steroid dienone is 9. The van der Waals surface area contributed by atoms with Gasteiger partial charge in [0.05, 0.1) is 26.2 Å². The maximum absolute atomic E-state index is 12.5. The smallest absolute Gasteiger partial charge is 0.462 e. The van der Waals surface area contributed by atoms with E-state index in [1.807, 2.05) is 18.2 Å². The van der Waals surface area contributed by atoms with Gasteiger partial charge < -0.3 is 24.6 Å². The Balaban J connectivity index is 4.52. The molecule has 0 fully saturated rings. The number of phosphoric acid groups is 1. The number of carbonyl (C=O) groups excluding carboxylic acids is 2. The lowest BCUT2D eigenvalue weighted by molar-refractivity contribution is -0.160. The summed E-state index contributed by atoms with van der Waals surface area (Å²) in [6, 6.07) is 0. The highest BCUT2D eigenvalue weighted by atomic mass is 31.2. The minimum absolute atomic E-state index is 0.0487. The van der Waals surface area contributed by atoms with Crippen LogP contribution in [0.15, 0.2) is 60.8 Å². The molecule has 0 heterocycles. The summed E-state index contributed by atoms with van der Waals surface area (Å²) >= 11 is 0. The Kier molecular flexibility index (Phi) is 34.4. The molecule has 0 saturated heterocycles. The molecule has 0 saturated carbocycles. The second-order valence-electron chi connectivity index (χ2n) is 12.6. The van der Waals surface area contributed by atoms with Gasteiger partial charge in [0, 0.05) is 6.42 Å². The number of unbranched alkanes of at least 4 members (excludes halogenated alkanes) is 12. The topological polar surface area (TPSA) is 149 Å². The molecule has 0 rings (SSSR count). The molecule has 3 unspecified atom stereocenters. The molecule has 0 aromatic heterocycles. The van der Waals surface area contributed by atoms with E-state index in [1.54, 1.807) is 6.08 Å². The van der Waals surface area contributed by atoms with Crippen LogP contribution in [0.25, 0.3) is 0 Å². The van der Waals surface area contributed by atoms with Gasteiger partial charge in [0.15, 0.2) is 6.10 Å². The minimum Gasteiger partial charge on any atom is -0.462 e. The SMILES string of the molecule is CC/C=C\C/C=C\C/C=C\C/C=C\C/C=C\CC(=O)OC(COC(=O)CCCCCCCCCCCCCCC)COP(=O)(O)OCC(O)CO. The molecular weight excluding hydrogens is 671 g/mol. The Labute approximate surface area is 308 Å². The van der Waals surface area contributed by atoms with Gasteiger partial charge in [0.25, 0.3) is 0 Å². The molecule has 0 aliphatic heterocycles. The summed E-state index contributed by atoms with van der Waals surface area (Å²) in [7, 11) is -4.64. The normalized spacial score (nSPS) is 14.7. The number of ether oxygens (including phenoxy) is 2. The number of carbonyl (C=O) groups is 2. The molecule has 0 radical (unpaired) electrons. The van der Waals surface area contributed by atoms with E-state index in [0.717, 1.165) is 44.9 Å². The van der Waals surface area contributed by atoms with E-state index in [4.69, 9.17) is 19.1 Å². The van der Waals surface area contributed by atoms with Crippen molar-refractivity contribution >= 4 is 19.8 Å². The van der Waals surface area contributed by atoms with Crippen LogP contribution in [0.5, 0.6) is 0 Å². The maximum Gasteiger partial charge on any atom is 0.472 e. The molecule has 294 valence electrons. The summed E-state index contributed by atoms with van der Waals surface area (Å²) in [5.41, 5.74) is 0. The average Bonchev–Trinajstić information content (AvgIpc) is 3.12. The number of aliphatic hydroxyl groups excluding tert-OH is 2. The van der Waals surface area contributed by atoms with Crippen molar-refractivity contribution in [2.75, 3.05) is 26.4 Å². The molecule has 0 aromatic carbocycles. The van der Waals surface area contributed by atoms with Crippen LogP contribution in [-0.4, -0.2) is 65.7 Å². The van der Waals surface area contributed by atoms with Crippen LogP contribution in [0, 0.1) is 0 Å². The highest BCUT2D eigenvalue weighted by Gasteiger charge is 2.27. The predicted molar refractivity (Wildman–Crippen MR) is 205 cm³/mol. The molecule has 3 N–H and O–H groups in total. The Morgan fingerprint density at radius 3 is 1.55 bits per heavy atom. The lowest BCUT2D eigenvalue weighted by atomic mass is 10.0. The van der Waals surface area contributed by atoms with Crippen LogP contribution in [0.4, 0.5) is 0 Å². The largest absolute Gasteiger partial charge is 0.472 e. The number of esters is 2. The predicted octanol–water partition coefficient (Wildman–Crippen LogP) is 9.55. The molecule has 51 heavy (non-hydrogen) atoms. The summed E-state index contributed by atoms with van der Waals surface area (Å²) in [4.78, 5) is 34.8. The molecule has 0 aliphatic carbocycles. The van der Waals surface area contributed by atoms with Crippen molar-refractivity contribution in [3.05, 3.63) is 60.8 Å². The van der Waals surface area contributed by atoms with E-state index in [-0.39, 0.29) is 19.4 Å². The van der Waals surface area contributed by atoms with E-state index in [1.165, 1.54) is 57.8 Å². The molecule has 0 amide bonds. The van der Waals surface area contributed by atoms with Gasteiger partial charge in [-0.05, 0) is 38.5 Å². The minimum atomic E-state index is -4.64. The Bertz CT molecular complexity index is 1040. The summed E-state index contributed by atoms with van der Waals surface area (Å²) < 4.78 is 32.4. The third-order valence-electron chi connectivity index (χ3n) is 7.72. The van der Waals surface area contributed by atoms with Crippen LogP contribution in [0.2, 0.25) is 0 Å². The third kappa shape index (κ3) is 35.8. The number of aliphatic hydroxyl groups is 2. The van der Waals surface area contributed by atoms with Gasteiger partial charge in [-0.15, -0.1) is 0 Å². The number of hydrogen-bond acceptors (Lipinski definition) is 9. The third-order valence-corrected chi connectivity index (χ3v) is 8.67. The lowest BCUT2D eigenvalue weighted by Crippen LogP contribution is -2.29. The molecule has 0 aliphatic rings. The molecule has 0 aromatic rings. The first kappa shape index (κ1) is 48.7. The molecule has 11 heteroatoms. The van der Waals surface area contributed by atoms with Gasteiger partial charge in [-0.2, -0.15) is 0 Å². The van der Waals surface area contributed by atoms with Crippen molar-refractivity contribution < 1.29 is 47.8 Å². The lowest BCUT2D eigenvalue weighted by Gasteiger charge is -2.20. The number of phosphoric ester groups is 1. The average molecular weight is 741 g/mol. The fourth-order valence-corrected chi connectivity index (χ4v) is 5.56. The van der Waals surface area contributed by atoms with Gasteiger partial charge in [-0.3, -0.25) is 18.6 Å². The van der Waals surface area contributed by atoms with E-state index in [0.29, 0.717) is 12.8 Å². The first-order valence-electron chi connectivity index (χ1n) is 19.2. The quantitative estimate of drug-likeness (QED) is 0.0248. The van der Waals surface area contributed by atoms with Crippen LogP contribution in [0.1, 0.15) is 142 Å². The van der Waals surface area contributed by atoms with Crippen LogP contribution in [0.3, 0.4) is 0 Å². The summed E-state index contributed by atoms with van der Waals surface area (Å²) in [6.07, 6.45) is 37.9. The summed E-state index contributed by atoms with van der Waals surface area (Å²) in [5, 5.41) is 18.3. The molecule has 0 bridgehead atoms. The second-order valence-corrected chi connectivity index (χ2v) is 14.0. The Morgan fingerprint density at radius 2 is 1.06 bits per heavy atom. The molecular formula is C40H69O10P. The van der Waals surface area contributed by atoms with Crippen molar-refractivity contribution in [2.24, 2.45) is 0 Å². The first-order chi connectivity index (χ1) is 24.7. The maximum atomic E-state index is 12.5. The van der Waals surface area contributed by atoms with Crippen molar-refractivity contribution in [2.45, 2.75) is 154 Å². The van der Waals surface area contributed by atoms with E-state index in [9.17, 15) is 24.2 Å². The zero-order valence-corrected chi connectivity index (χ0v) is 32.4. The molecule has 0 spiro atoms. The highest BCUT2D eigenvalue weighted by molar-refractivity contribution is 7.47. The zero-order valence-electron chi connectivity index (χ0n) is 31.5. The van der Waals surface area contributed by atoms with E-state index < -0.39 is 51.8 Å². The van der Waals surface area contributed by atoms with Gasteiger partial charge in [-0.25, -0.2) is 4.57 Å². The summed E-state index contributed by atoms with van der Waals surface area (Å²) in [6.45, 7) is 2.13. The monoisotopic (exact) mass is 740 g/mol. The Morgan fingerprint density at radius 1 is 0.608 bits per heavy atom. The standard InChI is InChI=1S/C40H69O10P/c1-3-5-7-9-11-13-15-17-18-20-22-24-26-28-30-32-40(44)50-38(36-49-51(45,46)48-34-37(42)33-41)35-47-39(43)31-29-27-25-23-21-19-16-14-12-10-8-6-4-2/h5,7,11,13,17-18,22,24,28,30,37-38,41-42H,3-4,6,8-10,12,14-16,19-21,23,25-27,29,31-36H2,1-2H3,(H,45,46)/b7-5-,13-11-,18-17-,24-22-,30-28-. The summed E-state index contributed by atoms with van der Waals surface area (Å²) in [5.74, 6) is -1.08. The van der Waals surface area contributed by atoms with Crippen molar-refractivity contribution in [3.8, 4) is 0 Å². The molecule has 10 nitrogen and oxygen atoms in total. The Hall–Kier alpha value is -2.33. The van der Waals surface area contributed by atoms with Crippen molar-refractivity contribution in [1.82, 2.24) is 0 Å².